The summed E-state index contributed by atoms with van der Waals surface area (Å²) in [6.45, 7) is 4.31. The van der Waals surface area contributed by atoms with Gasteiger partial charge in [-0.1, -0.05) is 13.8 Å². The monoisotopic (exact) mass is 236 g/mol. The van der Waals surface area contributed by atoms with Crippen molar-refractivity contribution in [1.29, 1.82) is 0 Å². The summed E-state index contributed by atoms with van der Waals surface area (Å²) in [7, 11) is 0. The minimum absolute atomic E-state index is 0.164. The number of carbonyl (C=O) groups is 1. The lowest BCUT2D eigenvalue weighted by atomic mass is 10.1. The minimum atomic E-state index is -0.164. The number of carbonyl (C=O) groups excluding carboxylic acids is 1. The zero-order chi connectivity index (χ0) is 12.8. The van der Waals surface area contributed by atoms with Crippen molar-refractivity contribution >= 4 is 17.3 Å². The molecular formula is C13H20N2O2. The largest absolute Gasteiger partial charge is 0.465 e. The number of ether oxygens (including phenoxy) is 1. The zero-order valence-electron chi connectivity index (χ0n) is 10.4. The minimum Gasteiger partial charge on any atom is -0.465 e. The van der Waals surface area contributed by atoms with Crippen molar-refractivity contribution in [3.05, 3.63) is 23.8 Å². The molecule has 0 bridgehead atoms. The second-order valence-corrected chi connectivity index (χ2v) is 4.53. The predicted octanol–water partition coefficient (Wildman–Crippen LogP) is 1.98. The maximum absolute atomic E-state index is 11.3. The number of rotatable bonds is 5. The van der Waals surface area contributed by atoms with E-state index in [9.17, 15) is 4.79 Å². The Kier molecular flexibility index (Phi) is 4.82. The first kappa shape index (κ1) is 13.4. The number of nitrogens with two attached hydrogens (primary N) is 2. The summed E-state index contributed by atoms with van der Waals surface area (Å²) in [4.78, 5) is 11.3. The van der Waals surface area contributed by atoms with Gasteiger partial charge in [-0.2, -0.15) is 0 Å². The maximum atomic E-state index is 11.3. The molecule has 0 saturated heterocycles. The molecule has 0 unspecified atom stereocenters. The van der Waals surface area contributed by atoms with Crippen LogP contribution in [0.5, 0.6) is 0 Å². The van der Waals surface area contributed by atoms with Crippen molar-refractivity contribution in [3.63, 3.8) is 0 Å². The molecule has 0 aliphatic heterocycles. The molecule has 4 nitrogen and oxygen atoms in total. The van der Waals surface area contributed by atoms with Crippen molar-refractivity contribution in [2.24, 2.45) is 5.92 Å². The van der Waals surface area contributed by atoms with Crippen molar-refractivity contribution in [2.75, 3.05) is 18.1 Å². The Morgan fingerprint density at radius 1 is 1.35 bits per heavy atom. The quantitative estimate of drug-likeness (QED) is 0.605. The highest BCUT2D eigenvalue weighted by Gasteiger charge is 2.06. The number of anilines is 2. The average molecular weight is 236 g/mol. The number of hydrogen-bond donors (Lipinski definition) is 2. The van der Waals surface area contributed by atoms with E-state index in [-0.39, 0.29) is 5.97 Å². The van der Waals surface area contributed by atoms with Gasteiger partial charge in [-0.15, -0.1) is 0 Å². The summed E-state index contributed by atoms with van der Waals surface area (Å²) in [6, 6.07) is 5.33. The lowest BCUT2D eigenvalue weighted by molar-refractivity contribution is -0.144. The standard InChI is InChI=1S/C13H20N2O2/c1-9(2)7-13(16)17-6-5-10-8-11(14)3-4-12(10)15/h3-4,8-9H,5-7,14-15H2,1-2H3. The summed E-state index contributed by atoms with van der Waals surface area (Å²) < 4.78 is 5.12. The molecular weight excluding hydrogens is 216 g/mol. The maximum Gasteiger partial charge on any atom is 0.306 e. The van der Waals surface area contributed by atoms with Crippen molar-refractivity contribution in [3.8, 4) is 0 Å². The second kappa shape index (κ2) is 6.13. The summed E-state index contributed by atoms with van der Waals surface area (Å²) in [5, 5.41) is 0. The number of hydrogen-bond acceptors (Lipinski definition) is 4. The lowest BCUT2D eigenvalue weighted by Gasteiger charge is -2.09. The highest BCUT2D eigenvalue weighted by molar-refractivity contribution is 5.69. The van der Waals surface area contributed by atoms with Crippen LogP contribution in [0.15, 0.2) is 18.2 Å². The fraction of sp³-hybridized carbons (Fsp3) is 0.462. The molecule has 0 aliphatic carbocycles. The van der Waals surface area contributed by atoms with E-state index in [1.165, 1.54) is 0 Å². The summed E-state index contributed by atoms with van der Waals surface area (Å²) >= 11 is 0. The molecule has 0 radical (unpaired) electrons. The van der Waals surface area contributed by atoms with Crippen LogP contribution in [0, 0.1) is 5.92 Å². The van der Waals surface area contributed by atoms with Crippen LogP contribution in [0.25, 0.3) is 0 Å². The molecule has 1 aromatic carbocycles. The van der Waals surface area contributed by atoms with Gasteiger partial charge in [0.25, 0.3) is 0 Å². The molecule has 0 fully saturated rings. The van der Waals surface area contributed by atoms with E-state index >= 15 is 0 Å². The lowest BCUT2D eigenvalue weighted by Crippen LogP contribution is -2.10. The molecule has 0 spiro atoms. The van der Waals surface area contributed by atoms with Gasteiger partial charge in [0.2, 0.25) is 0 Å². The third-order valence-electron chi connectivity index (χ3n) is 2.38. The van der Waals surface area contributed by atoms with Crippen LogP contribution in [0.4, 0.5) is 11.4 Å². The second-order valence-electron chi connectivity index (χ2n) is 4.53. The van der Waals surface area contributed by atoms with E-state index in [1.54, 1.807) is 12.1 Å². The normalized spacial score (nSPS) is 10.5. The summed E-state index contributed by atoms with van der Waals surface area (Å²) in [5.41, 5.74) is 13.7. The van der Waals surface area contributed by atoms with E-state index in [1.807, 2.05) is 19.9 Å². The summed E-state index contributed by atoms with van der Waals surface area (Å²) in [5.74, 6) is 0.155. The molecule has 0 aliphatic rings. The molecule has 17 heavy (non-hydrogen) atoms. The van der Waals surface area contributed by atoms with E-state index in [2.05, 4.69) is 0 Å². The number of benzene rings is 1. The topological polar surface area (TPSA) is 78.3 Å². The third kappa shape index (κ3) is 4.76. The van der Waals surface area contributed by atoms with Crippen LogP contribution < -0.4 is 11.5 Å². The first-order chi connectivity index (χ1) is 7.99. The smallest absolute Gasteiger partial charge is 0.306 e. The van der Waals surface area contributed by atoms with Crippen molar-refractivity contribution < 1.29 is 9.53 Å². The van der Waals surface area contributed by atoms with Crippen LogP contribution >= 0.6 is 0 Å². The van der Waals surface area contributed by atoms with Crippen LogP contribution in [-0.4, -0.2) is 12.6 Å². The molecule has 4 N–H and O–H groups in total. The molecule has 94 valence electrons. The SMILES string of the molecule is CC(C)CC(=O)OCCc1cc(N)ccc1N. The molecule has 0 heterocycles. The zero-order valence-corrected chi connectivity index (χ0v) is 10.4. The first-order valence-electron chi connectivity index (χ1n) is 5.78. The molecule has 0 amide bonds. The van der Waals surface area contributed by atoms with Crippen molar-refractivity contribution in [1.82, 2.24) is 0 Å². The Labute approximate surface area is 102 Å². The molecule has 0 atom stereocenters. The van der Waals surface area contributed by atoms with Gasteiger partial charge in [-0.25, -0.2) is 0 Å². The van der Waals surface area contributed by atoms with Gasteiger partial charge >= 0.3 is 5.97 Å². The van der Waals surface area contributed by atoms with E-state index in [4.69, 9.17) is 16.2 Å². The Balaban J connectivity index is 2.40. The molecule has 1 aromatic rings. The van der Waals surface area contributed by atoms with Gasteiger partial charge in [-0.05, 0) is 29.7 Å². The molecule has 4 heteroatoms. The van der Waals surface area contributed by atoms with Gasteiger partial charge in [0.05, 0.1) is 6.61 Å². The fourth-order valence-electron chi connectivity index (χ4n) is 1.51. The number of nitrogen functional groups attached to an aromatic ring is 2. The molecule has 1 rings (SSSR count). The Hall–Kier alpha value is -1.71. The first-order valence-corrected chi connectivity index (χ1v) is 5.78. The number of esters is 1. The highest BCUT2D eigenvalue weighted by Crippen LogP contribution is 2.16. The van der Waals surface area contributed by atoms with Gasteiger partial charge < -0.3 is 16.2 Å². The van der Waals surface area contributed by atoms with Crippen LogP contribution in [0.2, 0.25) is 0 Å². The van der Waals surface area contributed by atoms with Gasteiger partial charge in [0.1, 0.15) is 0 Å². The van der Waals surface area contributed by atoms with Gasteiger partial charge in [0, 0.05) is 24.2 Å². The Morgan fingerprint density at radius 2 is 2.06 bits per heavy atom. The van der Waals surface area contributed by atoms with Crippen LogP contribution in [-0.2, 0) is 16.0 Å². The summed E-state index contributed by atoms with van der Waals surface area (Å²) in [6.07, 6.45) is 1.05. The third-order valence-corrected chi connectivity index (χ3v) is 2.38. The molecule has 0 saturated carbocycles. The van der Waals surface area contributed by atoms with Gasteiger partial charge in [-0.3, -0.25) is 4.79 Å². The predicted molar refractivity (Wildman–Crippen MR) is 69.4 cm³/mol. The highest BCUT2D eigenvalue weighted by atomic mass is 16.5. The van der Waals surface area contributed by atoms with Gasteiger partial charge in [0.15, 0.2) is 0 Å². The van der Waals surface area contributed by atoms with E-state index < -0.39 is 0 Å². The van der Waals surface area contributed by atoms with E-state index in [0.717, 1.165) is 5.56 Å². The van der Waals surface area contributed by atoms with Crippen LogP contribution in [0.3, 0.4) is 0 Å². The van der Waals surface area contributed by atoms with E-state index in [0.29, 0.717) is 36.7 Å². The molecule has 0 aromatic heterocycles. The van der Waals surface area contributed by atoms with Crippen LogP contribution in [0.1, 0.15) is 25.8 Å². The van der Waals surface area contributed by atoms with Crippen molar-refractivity contribution in [2.45, 2.75) is 26.7 Å². The fourth-order valence-corrected chi connectivity index (χ4v) is 1.51. The Bertz CT molecular complexity index is 389. The average Bonchev–Trinajstić information content (AvgIpc) is 2.22. The Morgan fingerprint density at radius 3 is 2.71 bits per heavy atom.